The molecule has 1 aromatic carbocycles. The highest BCUT2D eigenvalue weighted by atomic mass is 79.9. The van der Waals surface area contributed by atoms with Crippen LogP contribution in [0.15, 0.2) is 22.7 Å². The standard InChI is InChI=1S/C17H27BrN2/c1-4-20(15-7-5-6-8-15)17-10-9-14(11-16(17)18)12-19-13(2)3/h9-11,13,15,19H,4-8,12H2,1-3H3. The Balaban J connectivity index is 2.10. The maximum atomic E-state index is 3.77. The van der Waals surface area contributed by atoms with E-state index in [2.05, 4.69) is 65.1 Å². The Morgan fingerprint density at radius 3 is 2.55 bits per heavy atom. The molecule has 1 aromatic rings. The number of anilines is 1. The van der Waals surface area contributed by atoms with Crippen molar-refractivity contribution in [3.63, 3.8) is 0 Å². The second kappa shape index (κ2) is 7.46. The Bertz CT molecular complexity index is 425. The van der Waals surface area contributed by atoms with Gasteiger partial charge >= 0.3 is 0 Å². The molecule has 0 aromatic heterocycles. The summed E-state index contributed by atoms with van der Waals surface area (Å²) < 4.78 is 1.23. The summed E-state index contributed by atoms with van der Waals surface area (Å²) in [4.78, 5) is 2.57. The van der Waals surface area contributed by atoms with E-state index in [4.69, 9.17) is 0 Å². The van der Waals surface area contributed by atoms with Gasteiger partial charge in [0.1, 0.15) is 0 Å². The minimum absolute atomic E-state index is 0.527. The summed E-state index contributed by atoms with van der Waals surface area (Å²) >= 11 is 3.77. The molecule has 1 N–H and O–H groups in total. The fourth-order valence-corrected chi connectivity index (χ4v) is 3.71. The van der Waals surface area contributed by atoms with Crippen molar-refractivity contribution in [2.45, 2.75) is 65.1 Å². The zero-order valence-electron chi connectivity index (χ0n) is 13.0. The molecular weight excluding hydrogens is 312 g/mol. The van der Waals surface area contributed by atoms with Gasteiger partial charge in [0.2, 0.25) is 0 Å². The number of nitrogens with one attached hydrogen (secondary N) is 1. The lowest BCUT2D eigenvalue weighted by Crippen LogP contribution is -2.33. The highest BCUT2D eigenvalue weighted by molar-refractivity contribution is 9.10. The molecule has 20 heavy (non-hydrogen) atoms. The number of hydrogen-bond donors (Lipinski definition) is 1. The van der Waals surface area contributed by atoms with Crippen LogP contribution in [0.5, 0.6) is 0 Å². The molecule has 0 unspecified atom stereocenters. The van der Waals surface area contributed by atoms with E-state index < -0.39 is 0 Å². The lowest BCUT2D eigenvalue weighted by atomic mass is 10.1. The first-order valence-corrected chi connectivity index (χ1v) is 8.69. The smallest absolute Gasteiger partial charge is 0.0513 e. The lowest BCUT2D eigenvalue weighted by Gasteiger charge is -2.31. The van der Waals surface area contributed by atoms with Crippen LogP contribution in [-0.2, 0) is 6.54 Å². The van der Waals surface area contributed by atoms with Gasteiger partial charge in [-0.05, 0) is 53.4 Å². The molecule has 0 amide bonds. The van der Waals surface area contributed by atoms with E-state index in [1.165, 1.54) is 41.4 Å². The molecule has 0 saturated heterocycles. The second-order valence-corrected chi connectivity index (χ2v) is 6.90. The van der Waals surface area contributed by atoms with Crippen molar-refractivity contribution in [1.29, 1.82) is 0 Å². The van der Waals surface area contributed by atoms with Crippen LogP contribution in [0.3, 0.4) is 0 Å². The van der Waals surface area contributed by atoms with Gasteiger partial charge in [0.25, 0.3) is 0 Å². The summed E-state index contributed by atoms with van der Waals surface area (Å²) in [6, 6.07) is 8.06. The second-order valence-electron chi connectivity index (χ2n) is 6.05. The van der Waals surface area contributed by atoms with Crippen molar-refractivity contribution < 1.29 is 0 Å². The Hall–Kier alpha value is -0.540. The van der Waals surface area contributed by atoms with Crippen LogP contribution >= 0.6 is 15.9 Å². The molecule has 0 aliphatic heterocycles. The maximum Gasteiger partial charge on any atom is 0.0513 e. The van der Waals surface area contributed by atoms with Gasteiger partial charge in [-0.25, -0.2) is 0 Å². The third kappa shape index (κ3) is 3.98. The number of halogens is 1. The lowest BCUT2D eigenvalue weighted by molar-refractivity contribution is 0.588. The van der Waals surface area contributed by atoms with E-state index in [9.17, 15) is 0 Å². The maximum absolute atomic E-state index is 3.77. The van der Waals surface area contributed by atoms with E-state index in [1.54, 1.807) is 0 Å². The van der Waals surface area contributed by atoms with Crippen LogP contribution in [0.2, 0.25) is 0 Å². The molecule has 0 spiro atoms. The summed E-state index contributed by atoms with van der Waals surface area (Å²) in [6.45, 7) is 8.66. The van der Waals surface area contributed by atoms with Crippen molar-refractivity contribution in [1.82, 2.24) is 5.32 Å². The monoisotopic (exact) mass is 338 g/mol. The van der Waals surface area contributed by atoms with Crippen LogP contribution in [0.4, 0.5) is 5.69 Å². The summed E-state index contributed by atoms with van der Waals surface area (Å²) in [6.07, 6.45) is 5.46. The first kappa shape index (κ1) is 15.8. The average Bonchev–Trinajstić information content (AvgIpc) is 2.93. The molecule has 2 nitrogen and oxygen atoms in total. The summed E-state index contributed by atoms with van der Waals surface area (Å²) in [5, 5.41) is 3.47. The van der Waals surface area contributed by atoms with Gasteiger partial charge in [-0.3, -0.25) is 0 Å². The van der Waals surface area contributed by atoms with Gasteiger partial charge in [-0.15, -0.1) is 0 Å². The van der Waals surface area contributed by atoms with E-state index in [0.29, 0.717) is 6.04 Å². The highest BCUT2D eigenvalue weighted by Crippen LogP contribution is 2.33. The van der Waals surface area contributed by atoms with Crippen molar-refractivity contribution in [2.24, 2.45) is 0 Å². The van der Waals surface area contributed by atoms with E-state index in [-0.39, 0.29) is 0 Å². The Morgan fingerprint density at radius 1 is 1.30 bits per heavy atom. The molecule has 1 aliphatic carbocycles. The fraction of sp³-hybridized carbons (Fsp3) is 0.647. The molecule has 3 heteroatoms. The van der Waals surface area contributed by atoms with E-state index in [0.717, 1.165) is 19.1 Å². The van der Waals surface area contributed by atoms with Gasteiger partial charge in [0.05, 0.1) is 5.69 Å². The summed E-state index contributed by atoms with van der Waals surface area (Å²) in [5.41, 5.74) is 2.70. The number of hydrogen-bond acceptors (Lipinski definition) is 2. The number of rotatable bonds is 6. The first-order valence-electron chi connectivity index (χ1n) is 7.90. The van der Waals surface area contributed by atoms with Gasteiger partial charge in [0.15, 0.2) is 0 Å². The van der Waals surface area contributed by atoms with Crippen LogP contribution in [0.25, 0.3) is 0 Å². The number of benzene rings is 1. The predicted octanol–water partition coefficient (Wildman–Crippen LogP) is 4.72. The van der Waals surface area contributed by atoms with Crippen molar-refractivity contribution >= 4 is 21.6 Å². The Kier molecular flexibility index (Phi) is 5.91. The molecule has 2 rings (SSSR count). The molecule has 0 bridgehead atoms. The number of nitrogens with zero attached hydrogens (tertiary/aromatic N) is 1. The fourth-order valence-electron chi connectivity index (χ4n) is 3.06. The molecule has 0 radical (unpaired) electrons. The largest absolute Gasteiger partial charge is 0.368 e. The molecule has 1 fully saturated rings. The van der Waals surface area contributed by atoms with Gasteiger partial charge in [0, 0.05) is 29.6 Å². The average molecular weight is 339 g/mol. The van der Waals surface area contributed by atoms with Crippen LogP contribution in [-0.4, -0.2) is 18.6 Å². The molecule has 112 valence electrons. The quantitative estimate of drug-likeness (QED) is 0.807. The minimum atomic E-state index is 0.527. The highest BCUT2D eigenvalue weighted by Gasteiger charge is 2.22. The first-order chi connectivity index (χ1) is 9.61. The van der Waals surface area contributed by atoms with Gasteiger partial charge < -0.3 is 10.2 Å². The van der Waals surface area contributed by atoms with Crippen molar-refractivity contribution in [2.75, 3.05) is 11.4 Å². The van der Waals surface area contributed by atoms with Crippen LogP contribution in [0.1, 0.15) is 52.0 Å². The molecular formula is C17H27BrN2. The molecule has 1 aliphatic rings. The third-order valence-corrected chi connectivity index (χ3v) is 4.78. The zero-order valence-corrected chi connectivity index (χ0v) is 14.5. The van der Waals surface area contributed by atoms with Crippen LogP contribution < -0.4 is 10.2 Å². The topological polar surface area (TPSA) is 15.3 Å². The predicted molar refractivity (Wildman–Crippen MR) is 91.4 cm³/mol. The van der Waals surface area contributed by atoms with Gasteiger partial charge in [-0.2, -0.15) is 0 Å². The zero-order chi connectivity index (χ0) is 14.5. The van der Waals surface area contributed by atoms with E-state index in [1.807, 2.05) is 0 Å². The molecule has 1 saturated carbocycles. The van der Waals surface area contributed by atoms with Gasteiger partial charge in [-0.1, -0.05) is 32.8 Å². The minimum Gasteiger partial charge on any atom is -0.368 e. The van der Waals surface area contributed by atoms with Crippen molar-refractivity contribution in [3.8, 4) is 0 Å². The molecule has 0 heterocycles. The van der Waals surface area contributed by atoms with E-state index >= 15 is 0 Å². The molecule has 0 atom stereocenters. The Labute approximate surface area is 132 Å². The van der Waals surface area contributed by atoms with Crippen LogP contribution in [0, 0.1) is 0 Å². The normalized spacial score (nSPS) is 16.1. The van der Waals surface area contributed by atoms with Crippen molar-refractivity contribution in [3.05, 3.63) is 28.2 Å². The summed E-state index contributed by atoms with van der Waals surface area (Å²) in [5.74, 6) is 0. The SMILES string of the molecule is CCN(c1ccc(CNC(C)C)cc1Br)C1CCCC1. The third-order valence-electron chi connectivity index (χ3n) is 4.14. The Morgan fingerprint density at radius 2 is 2.00 bits per heavy atom. The summed E-state index contributed by atoms with van der Waals surface area (Å²) in [7, 11) is 0.